The molecule has 2 aromatic rings. The number of benzene rings is 1. The van der Waals surface area contributed by atoms with Crippen LogP contribution in [0, 0.1) is 12.8 Å². The number of sulfone groups is 1. The smallest absolute Gasteiger partial charge is 0.233 e. The van der Waals surface area contributed by atoms with Gasteiger partial charge in [0.1, 0.15) is 5.82 Å². The highest BCUT2D eigenvalue weighted by molar-refractivity contribution is 7.90. The van der Waals surface area contributed by atoms with Crippen molar-refractivity contribution in [2.24, 2.45) is 11.1 Å². The Morgan fingerprint density at radius 1 is 1.29 bits per heavy atom. The number of hydrogen-bond donors (Lipinski definition) is 2. The van der Waals surface area contributed by atoms with E-state index < -0.39 is 15.8 Å². The number of rotatable bonds is 6. The van der Waals surface area contributed by atoms with Crippen molar-refractivity contribution in [3.63, 3.8) is 0 Å². The lowest BCUT2D eigenvalue weighted by Gasteiger charge is -2.27. The number of aromatic nitrogens is 1. The Hall–Kier alpha value is -2.45. The number of nitrogens with one attached hydrogen (secondary N) is 1. The van der Waals surface area contributed by atoms with E-state index in [0.717, 1.165) is 30.4 Å². The summed E-state index contributed by atoms with van der Waals surface area (Å²) in [6, 6.07) is 8.28. The van der Waals surface area contributed by atoms with Gasteiger partial charge in [0, 0.05) is 12.5 Å². The Bertz CT molecular complexity index is 1070. The van der Waals surface area contributed by atoms with Gasteiger partial charge in [0.05, 0.1) is 21.5 Å². The number of amides is 1. The van der Waals surface area contributed by atoms with Gasteiger partial charge in [-0.3, -0.25) is 4.79 Å². The summed E-state index contributed by atoms with van der Waals surface area (Å²) in [5.41, 5.74) is 2.42. The van der Waals surface area contributed by atoms with Gasteiger partial charge < -0.3 is 10.5 Å². The first-order valence-electron chi connectivity index (χ1n) is 10.1. The summed E-state index contributed by atoms with van der Waals surface area (Å²) in [7, 11) is -3.46. The number of oxime groups is 1. The van der Waals surface area contributed by atoms with Gasteiger partial charge in [0.25, 0.3) is 0 Å². The molecule has 1 aromatic carbocycles. The number of halogens is 1. The van der Waals surface area contributed by atoms with Crippen LogP contribution in [0.3, 0.4) is 0 Å². The molecule has 0 bridgehead atoms. The first-order chi connectivity index (χ1) is 14.7. The fourth-order valence-corrected chi connectivity index (χ4v) is 5.20. The number of anilines is 1. The second kappa shape index (κ2) is 9.78. The van der Waals surface area contributed by atoms with Crippen molar-refractivity contribution in [1.29, 1.82) is 0 Å². The van der Waals surface area contributed by atoms with E-state index in [4.69, 9.17) is 16.8 Å². The third-order valence-electron chi connectivity index (χ3n) is 5.63. The van der Waals surface area contributed by atoms with Crippen LogP contribution in [-0.4, -0.2) is 36.5 Å². The lowest BCUT2D eigenvalue weighted by Crippen LogP contribution is -2.26. The van der Waals surface area contributed by atoms with Crippen molar-refractivity contribution in [3.05, 3.63) is 52.7 Å². The first kappa shape index (κ1) is 23.2. The van der Waals surface area contributed by atoms with Crippen LogP contribution in [0.15, 0.2) is 46.6 Å². The van der Waals surface area contributed by atoms with Crippen molar-refractivity contribution in [2.75, 3.05) is 11.6 Å². The van der Waals surface area contributed by atoms with Crippen LogP contribution < -0.4 is 5.32 Å². The van der Waals surface area contributed by atoms with Crippen LogP contribution in [-0.2, 0) is 14.6 Å². The summed E-state index contributed by atoms with van der Waals surface area (Å²) in [5.74, 6) is -0.0219. The van der Waals surface area contributed by atoms with E-state index in [2.05, 4.69) is 15.5 Å². The predicted octanol–water partition coefficient (Wildman–Crippen LogP) is 4.58. The molecule has 0 aliphatic heterocycles. The van der Waals surface area contributed by atoms with Gasteiger partial charge in [-0.1, -0.05) is 28.9 Å². The largest absolute Gasteiger partial charge is 0.411 e. The highest BCUT2D eigenvalue weighted by Crippen LogP contribution is 2.35. The molecule has 166 valence electrons. The van der Waals surface area contributed by atoms with Crippen molar-refractivity contribution in [1.82, 2.24) is 4.98 Å². The summed E-state index contributed by atoms with van der Waals surface area (Å²) in [4.78, 5) is 17.5. The molecule has 1 heterocycles. The molecule has 1 aromatic heterocycles. The normalized spacial score (nSPS) is 17.8. The molecule has 1 atom stereocenters. The molecule has 0 saturated heterocycles. The fourth-order valence-electron chi connectivity index (χ4n) is 3.86. The summed E-state index contributed by atoms with van der Waals surface area (Å²) in [5, 5.41) is 15.3. The maximum Gasteiger partial charge on any atom is 0.233 e. The Balaban J connectivity index is 1.87. The number of hydrogen-bond acceptors (Lipinski definition) is 6. The molecule has 1 aliphatic carbocycles. The zero-order valence-electron chi connectivity index (χ0n) is 17.5. The number of aryl methyl sites for hydroxylation is 1. The molecule has 1 saturated carbocycles. The van der Waals surface area contributed by atoms with Gasteiger partial charge in [-0.05, 0) is 74.3 Å². The molecule has 9 heteroatoms. The third-order valence-corrected chi connectivity index (χ3v) is 7.21. The minimum absolute atomic E-state index is 0.0405. The minimum atomic E-state index is -3.46. The minimum Gasteiger partial charge on any atom is -0.411 e. The first-order valence-corrected chi connectivity index (χ1v) is 12.4. The number of carbonyl (C=O) groups is 1. The van der Waals surface area contributed by atoms with Crippen LogP contribution in [0.25, 0.3) is 0 Å². The van der Waals surface area contributed by atoms with E-state index in [-0.39, 0.29) is 21.7 Å². The average molecular weight is 464 g/mol. The van der Waals surface area contributed by atoms with E-state index in [1.165, 1.54) is 6.07 Å². The van der Waals surface area contributed by atoms with Crippen LogP contribution in [0.2, 0.25) is 5.02 Å². The Morgan fingerprint density at radius 3 is 2.55 bits per heavy atom. The highest BCUT2D eigenvalue weighted by Gasteiger charge is 2.28. The molecule has 31 heavy (non-hydrogen) atoms. The molecule has 1 amide bonds. The maximum absolute atomic E-state index is 13.2. The van der Waals surface area contributed by atoms with Gasteiger partial charge in [0.2, 0.25) is 5.91 Å². The highest BCUT2D eigenvalue weighted by atomic mass is 35.5. The van der Waals surface area contributed by atoms with E-state index in [0.29, 0.717) is 30.6 Å². The van der Waals surface area contributed by atoms with E-state index in [1.807, 2.05) is 13.0 Å². The monoisotopic (exact) mass is 463 g/mol. The molecule has 1 aliphatic rings. The summed E-state index contributed by atoms with van der Waals surface area (Å²) in [6.07, 6.45) is 6.39. The van der Waals surface area contributed by atoms with Gasteiger partial charge in [-0.25, -0.2) is 13.4 Å². The molecule has 0 spiro atoms. The van der Waals surface area contributed by atoms with Gasteiger partial charge in [-0.15, -0.1) is 0 Å². The van der Waals surface area contributed by atoms with Crippen molar-refractivity contribution < 1.29 is 18.4 Å². The van der Waals surface area contributed by atoms with E-state index in [1.54, 1.807) is 24.4 Å². The summed E-state index contributed by atoms with van der Waals surface area (Å²) < 4.78 is 23.8. The third kappa shape index (κ3) is 6.04. The number of carbonyl (C=O) groups excluding carboxylic acids is 1. The molecule has 0 unspecified atom stereocenters. The average Bonchev–Trinajstić information content (AvgIpc) is 2.73. The zero-order chi connectivity index (χ0) is 22.6. The SMILES string of the molecule is Cc1ccc(NC(=O)[C@H](CC2CCC(=NO)CC2)c2ccc(S(C)(=O)=O)c(Cl)c2)nc1. The second-order valence-electron chi connectivity index (χ2n) is 8.07. The molecule has 2 N–H and O–H groups in total. The molecular weight excluding hydrogens is 438 g/mol. The Morgan fingerprint density at radius 2 is 2.00 bits per heavy atom. The molecule has 7 nitrogen and oxygen atoms in total. The van der Waals surface area contributed by atoms with Gasteiger partial charge in [-0.2, -0.15) is 0 Å². The van der Waals surface area contributed by atoms with Crippen molar-refractivity contribution >= 4 is 38.9 Å². The standard InChI is InChI=1S/C22H26ClN3O4S/c1-14-3-10-21(24-13-14)25-22(27)18(11-15-4-7-17(26-28)8-5-15)16-6-9-20(19(23)12-16)31(2,29)30/h3,6,9-10,12-13,15,18,28H,4-5,7-8,11H2,1-2H3,(H,24,25,27)/t15?,18-/m1/s1. The van der Waals surface area contributed by atoms with Crippen LogP contribution in [0.4, 0.5) is 5.82 Å². The Kier molecular flexibility index (Phi) is 7.33. The summed E-state index contributed by atoms with van der Waals surface area (Å²) >= 11 is 6.25. The number of pyridine rings is 1. The topological polar surface area (TPSA) is 109 Å². The zero-order valence-corrected chi connectivity index (χ0v) is 19.1. The Labute approximate surface area is 187 Å². The lowest BCUT2D eigenvalue weighted by molar-refractivity contribution is -0.118. The van der Waals surface area contributed by atoms with Crippen LogP contribution in [0.5, 0.6) is 0 Å². The van der Waals surface area contributed by atoms with Crippen LogP contribution in [0.1, 0.15) is 49.1 Å². The second-order valence-corrected chi connectivity index (χ2v) is 10.5. The van der Waals surface area contributed by atoms with Crippen molar-refractivity contribution in [2.45, 2.75) is 49.8 Å². The van der Waals surface area contributed by atoms with Crippen LogP contribution >= 0.6 is 11.6 Å². The molecule has 0 radical (unpaired) electrons. The maximum atomic E-state index is 13.2. The van der Waals surface area contributed by atoms with Crippen molar-refractivity contribution in [3.8, 4) is 0 Å². The fraction of sp³-hybridized carbons (Fsp3) is 0.409. The molecule has 3 rings (SSSR count). The van der Waals surface area contributed by atoms with E-state index in [9.17, 15) is 13.2 Å². The quantitative estimate of drug-likeness (QED) is 0.481. The number of nitrogens with zero attached hydrogens (tertiary/aromatic N) is 2. The van der Waals surface area contributed by atoms with Gasteiger partial charge in [0.15, 0.2) is 9.84 Å². The predicted molar refractivity (Wildman–Crippen MR) is 121 cm³/mol. The van der Waals surface area contributed by atoms with Gasteiger partial charge >= 0.3 is 0 Å². The molecule has 1 fully saturated rings. The summed E-state index contributed by atoms with van der Waals surface area (Å²) in [6.45, 7) is 1.92. The lowest BCUT2D eigenvalue weighted by atomic mass is 9.79. The molecular formula is C22H26ClN3O4S. The van der Waals surface area contributed by atoms with E-state index >= 15 is 0 Å².